The van der Waals surface area contributed by atoms with Gasteiger partial charge in [-0.05, 0) is 34.5 Å². The molecule has 1 saturated carbocycles. The molecule has 0 bridgehead atoms. The van der Waals surface area contributed by atoms with Gasteiger partial charge in [0.05, 0.1) is 0 Å². The fraction of sp³-hybridized carbons (Fsp3) is 1.00. The second kappa shape index (κ2) is 3.00. The summed E-state index contributed by atoms with van der Waals surface area (Å²) in [5.74, 6) is 1.77. The predicted molar refractivity (Wildman–Crippen MR) is 64.3 cm³/mol. The van der Waals surface area contributed by atoms with Crippen molar-refractivity contribution in [3.63, 3.8) is 0 Å². The van der Waals surface area contributed by atoms with Crippen molar-refractivity contribution in [3.05, 3.63) is 0 Å². The monoisotopic (exact) mass is 196 g/mol. The standard InChI is InChI=1S/C14H28/c1-12(2,3)10-9-14(7,8)11(10)13(4,5)6/h10-11H,9H2,1-8H3. The highest BCUT2D eigenvalue weighted by atomic mass is 14.6. The SMILES string of the molecule is CC(C)(C)C1CC(C)(C)C1C(C)(C)C. The second-order valence-electron chi connectivity index (χ2n) is 8.01. The third-order valence-electron chi connectivity index (χ3n) is 4.04. The van der Waals surface area contributed by atoms with Crippen molar-refractivity contribution < 1.29 is 0 Å². The molecule has 0 N–H and O–H groups in total. The second-order valence-corrected chi connectivity index (χ2v) is 8.01. The zero-order valence-electron chi connectivity index (χ0n) is 11.4. The van der Waals surface area contributed by atoms with Gasteiger partial charge in [0, 0.05) is 0 Å². The van der Waals surface area contributed by atoms with Crippen molar-refractivity contribution in [3.8, 4) is 0 Å². The van der Waals surface area contributed by atoms with Crippen LogP contribution in [0.1, 0.15) is 61.8 Å². The van der Waals surface area contributed by atoms with E-state index >= 15 is 0 Å². The molecule has 0 amide bonds. The van der Waals surface area contributed by atoms with E-state index in [1.807, 2.05) is 0 Å². The number of hydrogen-bond donors (Lipinski definition) is 0. The molecule has 0 heteroatoms. The van der Waals surface area contributed by atoms with Crippen molar-refractivity contribution in [1.29, 1.82) is 0 Å². The summed E-state index contributed by atoms with van der Waals surface area (Å²) in [6.07, 6.45) is 1.40. The average Bonchev–Trinajstić information content (AvgIpc) is 1.76. The maximum absolute atomic E-state index is 2.44. The fourth-order valence-electron chi connectivity index (χ4n) is 3.78. The van der Waals surface area contributed by atoms with Crippen LogP contribution in [0.3, 0.4) is 0 Å². The van der Waals surface area contributed by atoms with Crippen LogP contribution in [0.25, 0.3) is 0 Å². The summed E-state index contributed by atoms with van der Waals surface area (Å²) in [5, 5.41) is 0. The van der Waals surface area contributed by atoms with Crippen LogP contribution in [0.4, 0.5) is 0 Å². The van der Waals surface area contributed by atoms with Gasteiger partial charge in [-0.25, -0.2) is 0 Å². The molecule has 84 valence electrons. The van der Waals surface area contributed by atoms with E-state index in [2.05, 4.69) is 55.4 Å². The van der Waals surface area contributed by atoms with Crippen LogP contribution in [0.2, 0.25) is 0 Å². The summed E-state index contributed by atoms with van der Waals surface area (Å²) in [4.78, 5) is 0. The van der Waals surface area contributed by atoms with Crippen molar-refractivity contribution in [1.82, 2.24) is 0 Å². The first kappa shape index (κ1) is 12.1. The van der Waals surface area contributed by atoms with Crippen molar-refractivity contribution in [2.45, 2.75) is 61.8 Å². The Morgan fingerprint density at radius 3 is 1.43 bits per heavy atom. The molecule has 0 aromatic carbocycles. The van der Waals surface area contributed by atoms with Gasteiger partial charge in [0.15, 0.2) is 0 Å². The molecule has 14 heavy (non-hydrogen) atoms. The van der Waals surface area contributed by atoms with E-state index in [0.717, 1.165) is 11.8 Å². The van der Waals surface area contributed by atoms with E-state index in [1.165, 1.54) is 6.42 Å². The summed E-state index contributed by atoms with van der Waals surface area (Å²) < 4.78 is 0. The molecule has 0 aliphatic heterocycles. The van der Waals surface area contributed by atoms with E-state index in [9.17, 15) is 0 Å². The lowest BCUT2D eigenvalue weighted by atomic mass is 9.43. The van der Waals surface area contributed by atoms with Crippen LogP contribution >= 0.6 is 0 Å². The summed E-state index contributed by atoms with van der Waals surface area (Å²) in [6, 6.07) is 0. The first-order valence-corrected chi connectivity index (χ1v) is 5.96. The summed E-state index contributed by atoms with van der Waals surface area (Å²) in [6.45, 7) is 19.3. The van der Waals surface area contributed by atoms with Gasteiger partial charge in [-0.3, -0.25) is 0 Å². The smallest absolute Gasteiger partial charge is 0.0280 e. The Hall–Kier alpha value is 0. The van der Waals surface area contributed by atoms with Gasteiger partial charge >= 0.3 is 0 Å². The van der Waals surface area contributed by atoms with Gasteiger partial charge in [-0.15, -0.1) is 0 Å². The van der Waals surface area contributed by atoms with Crippen molar-refractivity contribution in [2.24, 2.45) is 28.1 Å². The Morgan fingerprint density at radius 2 is 1.29 bits per heavy atom. The molecular weight excluding hydrogens is 168 g/mol. The topological polar surface area (TPSA) is 0 Å². The third-order valence-corrected chi connectivity index (χ3v) is 4.04. The molecule has 1 rings (SSSR count). The lowest BCUT2D eigenvalue weighted by molar-refractivity contribution is -0.129. The largest absolute Gasteiger partial charge is 0.0599 e. The average molecular weight is 196 g/mol. The quantitative estimate of drug-likeness (QED) is 0.525. The molecule has 1 fully saturated rings. The Kier molecular flexibility index (Phi) is 2.58. The summed E-state index contributed by atoms with van der Waals surface area (Å²) in [7, 11) is 0. The predicted octanol–water partition coefficient (Wildman–Crippen LogP) is 4.74. The lowest BCUT2D eigenvalue weighted by Gasteiger charge is -2.62. The van der Waals surface area contributed by atoms with E-state index in [1.54, 1.807) is 0 Å². The molecule has 2 atom stereocenters. The molecule has 0 aromatic rings. The highest BCUT2D eigenvalue weighted by Gasteiger charge is 2.55. The number of rotatable bonds is 0. The molecule has 1 aliphatic carbocycles. The Morgan fingerprint density at radius 1 is 0.857 bits per heavy atom. The van der Waals surface area contributed by atoms with Crippen molar-refractivity contribution >= 4 is 0 Å². The molecule has 2 unspecified atom stereocenters. The molecule has 0 nitrogen and oxygen atoms in total. The van der Waals surface area contributed by atoms with Gasteiger partial charge in [0.1, 0.15) is 0 Å². The van der Waals surface area contributed by atoms with Crippen LogP contribution in [-0.2, 0) is 0 Å². The minimum atomic E-state index is 0.458. The van der Waals surface area contributed by atoms with E-state index in [4.69, 9.17) is 0 Å². The van der Waals surface area contributed by atoms with E-state index < -0.39 is 0 Å². The van der Waals surface area contributed by atoms with Gasteiger partial charge < -0.3 is 0 Å². The van der Waals surface area contributed by atoms with Crippen molar-refractivity contribution in [2.75, 3.05) is 0 Å². The first-order valence-electron chi connectivity index (χ1n) is 5.96. The maximum atomic E-state index is 2.44. The van der Waals surface area contributed by atoms with Crippen LogP contribution in [0.5, 0.6) is 0 Å². The van der Waals surface area contributed by atoms with Crippen LogP contribution < -0.4 is 0 Å². The van der Waals surface area contributed by atoms with Gasteiger partial charge in [0.2, 0.25) is 0 Å². The molecular formula is C14H28. The van der Waals surface area contributed by atoms with Crippen LogP contribution in [-0.4, -0.2) is 0 Å². The Bertz CT molecular complexity index is 199. The number of hydrogen-bond acceptors (Lipinski definition) is 0. The fourth-order valence-corrected chi connectivity index (χ4v) is 3.78. The Labute approximate surface area is 90.5 Å². The zero-order valence-corrected chi connectivity index (χ0v) is 11.4. The minimum absolute atomic E-state index is 0.458. The zero-order chi connectivity index (χ0) is 11.4. The van der Waals surface area contributed by atoms with Crippen LogP contribution in [0, 0.1) is 28.1 Å². The molecule has 0 heterocycles. The molecule has 0 aromatic heterocycles. The van der Waals surface area contributed by atoms with Gasteiger partial charge in [0.25, 0.3) is 0 Å². The first-order chi connectivity index (χ1) is 5.96. The van der Waals surface area contributed by atoms with E-state index in [-0.39, 0.29) is 0 Å². The summed E-state index contributed by atoms with van der Waals surface area (Å²) in [5.41, 5.74) is 1.49. The molecule has 0 spiro atoms. The van der Waals surface area contributed by atoms with Crippen LogP contribution in [0.15, 0.2) is 0 Å². The molecule has 1 aliphatic rings. The molecule has 0 radical (unpaired) electrons. The minimum Gasteiger partial charge on any atom is -0.0599 e. The summed E-state index contributed by atoms with van der Waals surface area (Å²) >= 11 is 0. The van der Waals surface area contributed by atoms with E-state index in [0.29, 0.717) is 16.2 Å². The maximum Gasteiger partial charge on any atom is -0.0280 e. The van der Waals surface area contributed by atoms with Gasteiger partial charge in [-0.1, -0.05) is 55.4 Å². The molecule has 0 saturated heterocycles. The van der Waals surface area contributed by atoms with Gasteiger partial charge in [-0.2, -0.15) is 0 Å². The third kappa shape index (κ3) is 1.99. The normalized spacial score (nSPS) is 32.6. The Balaban J connectivity index is 2.87. The highest BCUT2D eigenvalue weighted by molar-refractivity contribution is 5.04. The highest BCUT2D eigenvalue weighted by Crippen LogP contribution is 2.63. The lowest BCUT2D eigenvalue weighted by Crippen LogP contribution is -2.54.